The second-order valence-electron chi connectivity index (χ2n) is 4.67. The smallest absolute Gasteiger partial charge is 0.312 e. The number of hydrogen-bond acceptors (Lipinski definition) is 4. The van der Waals surface area contributed by atoms with Crippen LogP contribution in [0.2, 0.25) is 0 Å². The van der Waals surface area contributed by atoms with Crippen LogP contribution in [0.25, 0.3) is 0 Å². The van der Waals surface area contributed by atoms with E-state index in [1.165, 1.54) is 0 Å². The van der Waals surface area contributed by atoms with Crippen molar-refractivity contribution < 1.29 is 14.3 Å². The quantitative estimate of drug-likeness (QED) is 0.903. The van der Waals surface area contributed by atoms with Gasteiger partial charge in [-0.1, -0.05) is 24.3 Å². The number of carbonyl (C=O) groups is 1. The van der Waals surface area contributed by atoms with Crippen LogP contribution in [0.1, 0.15) is 17.0 Å². The second-order valence-corrected chi connectivity index (χ2v) is 4.67. The monoisotopic (exact) mass is 273 g/mol. The number of aromatic nitrogens is 2. The predicted molar refractivity (Wildman–Crippen MR) is 69.9 cm³/mol. The number of halogens is 1. The zero-order valence-corrected chi connectivity index (χ0v) is 10.5. The number of benzene rings is 1. The summed E-state index contributed by atoms with van der Waals surface area (Å²) < 4.78 is 12.9. The molecule has 102 valence electrons. The van der Waals surface area contributed by atoms with Gasteiger partial charge < -0.3 is 10.0 Å². The molecule has 0 amide bonds. The first-order chi connectivity index (χ1) is 9.65. The number of anilines is 1. The Kier molecular flexibility index (Phi) is 3.06. The Labute approximate surface area is 114 Å². The van der Waals surface area contributed by atoms with Crippen molar-refractivity contribution in [1.82, 2.24) is 9.97 Å². The van der Waals surface area contributed by atoms with E-state index in [4.69, 9.17) is 0 Å². The molecule has 0 spiro atoms. The second kappa shape index (κ2) is 4.88. The summed E-state index contributed by atoms with van der Waals surface area (Å²) in [5, 5.41) is 9.37. The number of carboxylic acid groups (broad SMARTS) is 1. The Balaban J connectivity index is 1.97. The minimum Gasteiger partial charge on any atom is -0.481 e. The zero-order valence-electron chi connectivity index (χ0n) is 10.5. The van der Waals surface area contributed by atoms with Crippen LogP contribution in [0.15, 0.2) is 36.7 Å². The van der Waals surface area contributed by atoms with Crippen molar-refractivity contribution in [3.05, 3.63) is 53.6 Å². The molecule has 0 radical (unpaired) electrons. The predicted octanol–water partition coefficient (Wildman–Crippen LogP) is 1.80. The van der Waals surface area contributed by atoms with Crippen molar-refractivity contribution in [3.63, 3.8) is 0 Å². The van der Waals surface area contributed by atoms with Crippen molar-refractivity contribution in [2.75, 3.05) is 11.4 Å². The van der Waals surface area contributed by atoms with E-state index in [-0.39, 0.29) is 6.54 Å². The highest BCUT2D eigenvalue weighted by atomic mass is 19.1. The lowest BCUT2D eigenvalue weighted by Crippen LogP contribution is -2.37. The van der Waals surface area contributed by atoms with Crippen LogP contribution in [-0.4, -0.2) is 27.6 Å². The maximum Gasteiger partial charge on any atom is 0.312 e. The van der Waals surface area contributed by atoms with Crippen molar-refractivity contribution in [2.45, 2.75) is 12.5 Å². The summed E-state index contributed by atoms with van der Waals surface area (Å²) in [4.78, 5) is 21.0. The van der Waals surface area contributed by atoms with Gasteiger partial charge in [-0.25, -0.2) is 14.4 Å². The minimum atomic E-state index is -0.885. The molecule has 5 nitrogen and oxygen atoms in total. The molecule has 2 aromatic rings. The Hall–Kier alpha value is -2.50. The van der Waals surface area contributed by atoms with Gasteiger partial charge in [0.15, 0.2) is 5.82 Å². The van der Waals surface area contributed by atoms with Gasteiger partial charge in [-0.3, -0.25) is 4.79 Å². The summed E-state index contributed by atoms with van der Waals surface area (Å²) in [5.74, 6) is -1.69. The molecule has 6 heteroatoms. The molecule has 20 heavy (non-hydrogen) atoms. The average molecular weight is 273 g/mol. The maximum absolute atomic E-state index is 12.9. The van der Waals surface area contributed by atoms with Gasteiger partial charge in [0, 0.05) is 13.1 Å². The lowest BCUT2D eigenvalue weighted by Gasteiger charge is -2.32. The van der Waals surface area contributed by atoms with E-state index in [9.17, 15) is 14.3 Å². The maximum atomic E-state index is 12.9. The van der Waals surface area contributed by atoms with E-state index in [1.807, 2.05) is 24.3 Å². The van der Waals surface area contributed by atoms with E-state index in [1.54, 1.807) is 4.90 Å². The number of fused-ring (bicyclic) bond motifs is 1. The van der Waals surface area contributed by atoms with E-state index < -0.39 is 17.7 Å². The van der Waals surface area contributed by atoms with E-state index in [0.717, 1.165) is 23.5 Å². The van der Waals surface area contributed by atoms with Crippen molar-refractivity contribution in [1.29, 1.82) is 0 Å². The molecule has 0 saturated heterocycles. The summed E-state index contributed by atoms with van der Waals surface area (Å²) >= 11 is 0. The molecule has 0 fully saturated rings. The molecule has 0 bridgehead atoms. The third kappa shape index (κ3) is 2.20. The first-order valence-corrected chi connectivity index (χ1v) is 6.18. The first kappa shape index (κ1) is 12.5. The fourth-order valence-corrected chi connectivity index (χ4v) is 2.44. The van der Waals surface area contributed by atoms with Gasteiger partial charge in [-0.05, 0) is 11.1 Å². The lowest BCUT2D eigenvalue weighted by atomic mass is 9.90. The fourth-order valence-electron chi connectivity index (χ4n) is 2.44. The largest absolute Gasteiger partial charge is 0.481 e. The van der Waals surface area contributed by atoms with Crippen molar-refractivity contribution in [2.24, 2.45) is 0 Å². The minimum absolute atomic E-state index is 0.276. The third-order valence-corrected chi connectivity index (χ3v) is 3.38. The van der Waals surface area contributed by atoms with Gasteiger partial charge in [0.2, 0.25) is 5.95 Å². The topological polar surface area (TPSA) is 66.3 Å². The molecular weight excluding hydrogens is 261 g/mol. The number of carboxylic acids is 1. The molecule has 0 aliphatic carbocycles. The highest BCUT2D eigenvalue weighted by Gasteiger charge is 2.31. The highest BCUT2D eigenvalue weighted by Crippen LogP contribution is 2.30. The molecule has 0 saturated carbocycles. The number of nitrogens with zero attached hydrogens (tertiary/aromatic N) is 3. The van der Waals surface area contributed by atoms with Gasteiger partial charge in [-0.15, -0.1) is 0 Å². The van der Waals surface area contributed by atoms with Crippen LogP contribution in [0.3, 0.4) is 0 Å². The number of aliphatic carboxylic acids is 1. The van der Waals surface area contributed by atoms with E-state index in [2.05, 4.69) is 9.97 Å². The summed E-state index contributed by atoms with van der Waals surface area (Å²) in [6.45, 7) is 0.795. The average Bonchev–Trinajstić information content (AvgIpc) is 2.46. The van der Waals surface area contributed by atoms with Gasteiger partial charge in [-0.2, -0.15) is 0 Å². The molecular formula is C14H12FN3O2. The standard InChI is InChI=1S/C14H12FN3O2/c15-10-5-16-14(17-6-10)18-7-9-3-1-2-4-11(9)12(8-18)13(19)20/h1-6,12H,7-8H2,(H,19,20). The normalized spacial score (nSPS) is 17.6. The highest BCUT2D eigenvalue weighted by molar-refractivity contribution is 5.78. The molecule has 1 atom stereocenters. The molecule has 1 aromatic carbocycles. The zero-order chi connectivity index (χ0) is 14.1. The lowest BCUT2D eigenvalue weighted by molar-refractivity contribution is -0.138. The van der Waals surface area contributed by atoms with Crippen LogP contribution in [-0.2, 0) is 11.3 Å². The van der Waals surface area contributed by atoms with Crippen LogP contribution in [0.4, 0.5) is 10.3 Å². The Morgan fingerprint density at radius 2 is 2.00 bits per heavy atom. The molecule has 3 rings (SSSR count). The first-order valence-electron chi connectivity index (χ1n) is 6.18. The molecule has 1 aliphatic rings. The molecule has 1 aromatic heterocycles. The van der Waals surface area contributed by atoms with Gasteiger partial charge in [0.1, 0.15) is 0 Å². The third-order valence-electron chi connectivity index (χ3n) is 3.38. The molecule has 1 unspecified atom stereocenters. The Bertz CT molecular complexity index is 645. The van der Waals surface area contributed by atoms with Crippen LogP contribution in [0, 0.1) is 5.82 Å². The van der Waals surface area contributed by atoms with E-state index >= 15 is 0 Å². The van der Waals surface area contributed by atoms with Crippen molar-refractivity contribution in [3.8, 4) is 0 Å². The van der Waals surface area contributed by atoms with Gasteiger partial charge >= 0.3 is 5.97 Å². The van der Waals surface area contributed by atoms with Gasteiger partial charge in [0.25, 0.3) is 0 Å². The van der Waals surface area contributed by atoms with Crippen LogP contribution < -0.4 is 4.90 Å². The van der Waals surface area contributed by atoms with Crippen LogP contribution >= 0.6 is 0 Å². The molecule has 1 N–H and O–H groups in total. The summed E-state index contributed by atoms with van der Waals surface area (Å²) in [5.41, 5.74) is 1.75. The molecule has 2 heterocycles. The Morgan fingerprint density at radius 3 is 2.70 bits per heavy atom. The number of hydrogen-bond donors (Lipinski definition) is 1. The molecule has 1 aliphatic heterocycles. The fraction of sp³-hybridized carbons (Fsp3) is 0.214. The summed E-state index contributed by atoms with van der Waals surface area (Å²) in [6.07, 6.45) is 2.16. The van der Waals surface area contributed by atoms with Crippen molar-refractivity contribution >= 4 is 11.9 Å². The van der Waals surface area contributed by atoms with E-state index in [0.29, 0.717) is 12.5 Å². The Morgan fingerprint density at radius 1 is 1.30 bits per heavy atom. The SMILES string of the molecule is O=C(O)C1CN(c2ncc(F)cn2)Cc2ccccc21. The summed E-state index contributed by atoms with van der Waals surface area (Å²) in [6, 6.07) is 7.42. The van der Waals surface area contributed by atoms with Gasteiger partial charge in [0.05, 0.1) is 18.3 Å². The number of rotatable bonds is 2. The van der Waals surface area contributed by atoms with Crippen LogP contribution in [0.5, 0.6) is 0 Å². The summed E-state index contributed by atoms with van der Waals surface area (Å²) in [7, 11) is 0.